The van der Waals surface area contributed by atoms with Crippen LogP contribution >= 0.6 is 46.9 Å². The molecule has 2 aliphatic heterocycles. The number of aryl methyl sites for hydroxylation is 1. The molecule has 0 radical (unpaired) electrons. The minimum Gasteiger partial charge on any atom is -0.445 e. The third-order valence-electron chi connectivity index (χ3n) is 7.90. The van der Waals surface area contributed by atoms with Gasteiger partial charge in [-0.1, -0.05) is 61.5 Å². The summed E-state index contributed by atoms with van der Waals surface area (Å²) in [5.41, 5.74) is 2.11. The van der Waals surface area contributed by atoms with E-state index >= 15 is 0 Å². The van der Waals surface area contributed by atoms with E-state index in [4.69, 9.17) is 14.2 Å². The molecule has 360 valence electrons. The van der Waals surface area contributed by atoms with Crippen LogP contribution in [0.15, 0.2) is 54.6 Å². The highest BCUT2D eigenvalue weighted by Crippen LogP contribution is 2.69. The predicted molar refractivity (Wildman–Crippen MR) is 211 cm³/mol. The Bertz CT molecular complexity index is 2080. The zero-order valence-corrected chi connectivity index (χ0v) is 38.8. The largest absolute Gasteiger partial charge is 0.490 e. The van der Waals surface area contributed by atoms with Crippen LogP contribution in [0.5, 0.6) is 0 Å². The molecule has 4 rings (SSSR count). The third kappa shape index (κ3) is 22.1. The molecule has 27 nitrogen and oxygen atoms in total. The molecule has 0 aliphatic carbocycles. The molecule has 63 heavy (non-hydrogen) atoms. The summed E-state index contributed by atoms with van der Waals surface area (Å²) < 4.78 is 120. The van der Waals surface area contributed by atoms with Gasteiger partial charge in [0.1, 0.15) is 25.5 Å². The van der Waals surface area contributed by atoms with Gasteiger partial charge in [-0.15, -0.1) is 0 Å². The molecule has 33 heteroatoms. The summed E-state index contributed by atoms with van der Waals surface area (Å²) in [7, 11) is -32.2. The van der Waals surface area contributed by atoms with Crippen molar-refractivity contribution in [1.82, 2.24) is 5.32 Å². The molecule has 0 saturated carbocycles. The van der Waals surface area contributed by atoms with Crippen molar-refractivity contribution >= 4 is 53.0 Å². The Labute approximate surface area is 360 Å². The maximum absolute atomic E-state index is 11.9. The molecule has 2 aromatic rings. The summed E-state index contributed by atoms with van der Waals surface area (Å²) in [5.74, 6) is 0. The van der Waals surface area contributed by atoms with E-state index in [1.165, 1.54) is 0 Å². The van der Waals surface area contributed by atoms with Gasteiger partial charge in [0.15, 0.2) is 0 Å². The summed E-state index contributed by atoms with van der Waals surface area (Å²) in [6.45, 7) is 2.41. The Morgan fingerprint density at radius 2 is 1.03 bits per heavy atom. The number of alkyl carbamates (subject to hydrolysis) is 1. The van der Waals surface area contributed by atoms with Gasteiger partial charge in [0.2, 0.25) is 0 Å². The fourth-order valence-electron chi connectivity index (χ4n) is 5.20. The highest BCUT2D eigenvalue weighted by Gasteiger charge is 2.45. The minimum absolute atomic E-state index is 0.104. The van der Waals surface area contributed by atoms with E-state index in [1.807, 2.05) is 18.3 Å². The standard InChI is InChI=1S/C15H24NO14P3.C15H25O12P3/c1-11-7-13(17)14(28-11)9-26-31(19,20)29-33(23,24)30-32(21,22)27-10-16-15(18)25-8-12-5-3-2-4-6-12;1-3-12-5-4-6-13(8-12)9-23-28(17,18)26-30(21,22)27-29(19,20)24-10-15-14(16)7-11(2)25-15/h2-6,11,13-14,17H,7-10H2,1H3,(H,16,18)(H,19,20)(H,21,22)(H,23,24);4-6,8,11,14-16H,3,7,9-10H2,1-2H3,(H,17,18)(H,19,20)(H,21,22)/t11-,13+,14+;11-,14+,15+/m00/s1. The van der Waals surface area contributed by atoms with Gasteiger partial charge >= 0.3 is 53.0 Å². The lowest BCUT2D eigenvalue weighted by Crippen LogP contribution is -2.26. The van der Waals surface area contributed by atoms with E-state index in [9.17, 15) is 71.8 Å². The number of benzene rings is 2. The van der Waals surface area contributed by atoms with Crippen LogP contribution in [0.3, 0.4) is 0 Å². The molecule has 6 unspecified atom stereocenters. The van der Waals surface area contributed by atoms with Crippen molar-refractivity contribution in [1.29, 1.82) is 0 Å². The summed E-state index contributed by atoms with van der Waals surface area (Å²) in [5, 5.41) is 21.3. The third-order valence-corrected chi connectivity index (χ3v) is 16.4. The Balaban J connectivity index is 0.000000337. The fourth-order valence-corrected chi connectivity index (χ4v) is 12.1. The minimum atomic E-state index is -5.66. The average molecular weight is 1030 g/mol. The van der Waals surface area contributed by atoms with E-state index in [1.54, 1.807) is 62.4 Å². The molecule has 0 spiro atoms. The average Bonchev–Trinajstić information content (AvgIpc) is 3.66. The molecular formula is C30H49NO26P6. The molecule has 2 saturated heterocycles. The van der Waals surface area contributed by atoms with E-state index < -0.39 is 104 Å². The van der Waals surface area contributed by atoms with Crippen molar-refractivity contribution in [2.24, 2.45) is 0 Å². The number of phosphoric acid groups is 6. The van der Waals surface area contributed by atoms with Crippen molar-refractivity contribution in [3.8, 4) is 0 Å². The van der Waals surface area contributed by atoms with E-state index in [2.05, 4.69) is 35.3 Å². The fraction of sp³-hybridized carbons (Fsp3) is 0.567. The molecule has 12 atom stereocenters. The summed E-state index contributed by atoms with van der Waals surface area (Å²) in [6, 6.07) is 15.4. The van der Waals surface area contributed by atoms with Crippen LogP contribution in [-0.4, -0.2) is 102 Å². The first-order valence-corrected chi connectivity index (χ1v) is 27.1. The number of aliphatic hydroxyl groups excluding tert-OH is 2. The number of hydrogen-bond acceptors (Lipinski definition) is 20. The molecular weight excluding hydrogens is 976 g/mol. The Kier molecular flexibility index (Phi) is 21.6. The first-order valence-electron chi connectivity index (χ1n) is 18.2. The van der Waals surface area contributed by atoms with E-state index in [-0.39, 0.29) is 31.7 Å². The second kappa shape index (κ2) is 24.4. The number of nitrogens with one attached hydrogen (secondary N) is 1. The lowest BCUT2D eigenvalue weighted by molar-refractivity contribution is -0.0168. The maximum Gasteiger partial charge on any atom is 0.490 e. The number of carbonyl (C=O) groups is 1. The number of amides is 1. The molecule has 2 aliphatic rings. The monoisotopic (exact) mass is 1030 g/mol. The first kappa shape index (κ1) is 55.7. The van der Waals surface area contributed by atoms with E-state index in [0.29, 0.717) is 17.5 Å². The van der Waals surface area contributed by atoms with Crippen LogP contribution in [0.4, 0.5) is 4.79 Å². The van der Waals surface area contributed by atoms with Crippen molar-refractivity contribution in [3.05, 3.63) is 71.3 Å². The van der Waals surface area contributed by atoms with Crippen LogP contribution < -0.4 is 5.32 Å². The second-order valence-corrected chi connectivity index (χ2v) is 22.5. The van der Waals surface area contributed by atoms with Gasteiger partial charge in [-0.25, -0.2) is 32.2 Å². The molecule has 9 N–H and O–H groups in total. The van der Waals surface area contributed by atoms with Gasteiger partial charge in [0.25, 0.3) is 0 Å². The zero-order chi connectivity index (χ0) is 47.3. The van der Waals surface area contributed by atoms with Gasteiger partial charge in [-0.2, -0.15) is 17.2 Å². The molecule has 0 bridgehead atoms. The Morgan fingerprint density at radius 1 is 0.603 bits per heavy atom. The summed E-state index contributed by atoms with van der Waals surface area (Å²) in [4.78, 5) is 68.8. The molecule has 2 heterocycles. The highest BCUT2D eigenvalue weighted by atomic mass is 31.3. The second-order valence-electron chi connectivity index (χ2n) is 13.3. The molecule has 1 amide bonds. The maximum atomic E-state index is 11.9. The Morgan fingerprint density at radius 3 is 1.48 bits per heavy atom. The summed E-state index contributed by atoms with van der Waals surface area (Å²) >= 11 is 0. The van der Waals surface area contributed by atoms with Crippen molar-refractivity contribution in [2.75, 3.05) is 19.9 Å². The van der Waals surface area contributed by atoms with Crippen LogP contribution in [0, 0.1) is 0 Å². The number of hydrogen-bond donors (Lipinski definition) is 9. The van der Waals surface area contributed by atoms with Gasteiger partial charge in [0, 0.05) is 12.8 Å². The molecule has 2 aromatic carbocycles. The molecule has 2 fully saturated rings. The topological polar surface area (TPSA) is 395 Å². The van der Waals surface area contributed by atoms with Gasteiger partial charge < -0.3 is 53.8 Å². The number of aliphatic hydroxyl groups is 2. The van der Waals surface area contributed by atoms with Crippen molar-refractivity contribution in [3.63, 3.8) is 0 Å². The smallest absolute Gasteiger partial charge is 0.445 e. The normalized spacial score (nSPS) is 26.9. The lowest BCUT2D eigenvalue weighted by atomic mass is 10.1. The van der Waals surface area contributed by atoms with Gasteiger partial charge in [-0.3, -0.25) is 23.4 Å². The Hall–Kier alpha value is -1.63. The SMILES string of the molecule is CCc1cccc(COP(=O)(O)OP(=O)(O)OP(=O)(O)OC[C@H]2O[C@@H](C)C[C@H]2O)c1.C[C@H]1C[C@@H](O)[C@@H](COP(=O)(O)OP(=O)(O)OP(=O)(O)OCNC(=O)OCc2ccccc2)O1. The van der Waals surface area contributed by atoms with Crippen LogP contribution in [0.25, 0.3) is 0 Å². The quantitative estimate of drug-likeness (QED) is 0.0549. The van der Waals surface area contributed by atoms with Gasteiger partial charge in [0.05, 0.1) is 44.2 Å². The van der Waals surface area contributed by atoms with Crippen LogP contribution in [0.1, 0.15) is 50.3 Å². The zero-order valence-electron chi connectivity index (χ0n) is 33.4. The van der Waals surface area contributed by atoms with Crippen LogP contribution in [0.2, 0.25) is 0 Å². The first-order chi connectivity index (χ1) is 29.1. The number of rotatable bonds is 23. The van der Waals surface area contributed by atoms with E-state index in [0.717, 1.165) is 5.56 Å². The van der Waals surface area contributed by atoms with Crippen molar-refractivity contribution in [2.45, 2.75) is 89.9 Å². The predicted octanol–water partition coefficient (Wildman–Crippen LogP) is 4.43. The highest BCUT2D eigenvalue weighted by molar-refractivity contribution is 7.67. The van der Waals surface area contributed by atoms with Crippen molar-refractivity contribution < 1.29 is 121 Å². The van der Waals surface area contributed by atoms with Gasteiger partial charge in [-0.05, 0) is 37.0 Å². The number of carbonyl (C=O) groups excluding carboxylic acids is 1. The summed E-state index contributed by atoms with van der Waals surface area (Å²) in [6.07, 6.45) is -4.38. The van der Waals surface area contributed by atoms with Crippen LogP contribution in [-0.2, 0) is 96.6 Å². The number of phosphoric ester groups is 4. The lowest BCUT2D eigenvalue weighted by Gasteiger charge is -2.20. The molecule has 0 aromatic heterocycles. The number of ether oxygens (including phenoxy) is 3.